The highest BCUT2D eigenvalue weighted by Gasteiger charge is 2.12. The molecule has 21 heavy (non-hydrogen) atoms. The third-order valence-electron chi connectivity index (χ3n) is 2.83. The van der Waals surface area contributed by atoms with Crippen LogP contribution in [0.2, 0.25) is 5.02 Å². The van der Waals surface area contributed by atoms with Crippen LogP contribution in [0, 0.1) is 6.92 Å². The van der Waals surface area contributed by atoms with Crippen molar-refractivity contribution in [1.29, 1.82) is 0 Å². The molecule has 6 heteroatoms. The standard InChI is InChI=1S/C15H17ClN4O/c1-3-6-17-14-7-12(13(16)9-19-14)15(21)20-11-5-4-10(2)18-8-11/h4-5,7-9H,3,6H2,1-2H3,(H,17,19)(H,20,21). The van der Waals surface area contributed by atoms with E-state index in [9.17, 15) is 4.79 Å². The molecule has 0 saturated heterocycles. The summed E-state index contributed by atoms with van der Waals surface area (Å²) in [6, 6.07) is 5.28. The zero-order valence-corrected chi connectivity index (χ0v) is 12.7. The second-order valence-corrected chi connectivity index (χ2v) is 5.03. The minimum absolute atomic E-state index is 0.285. The fraction of sp³-hybridized carbons (Fsp3) is 0.267. The third-order valence-corrected chi connectivity index (χ3v) is 3.13. The normalized spacial score (nSPS) is 10.2. The van der Waals surface area contributed by atoms with Crippen molar-refractivity contribution >= 4 is 29.0 Å². The molecule has 0 bridgehead atoms. The average Bonchev–Trinajstić information content (AvgIpc) is 2.48. The molecule has 5 nitrogen and oxygen atoms in total. The largest absolute Gasteiger partial charge is 0.370 e. The first-order valence-corrected chi connectivity index (χ1v) is 7.11. The van der Waals surface area contributed by atoms with E-state index in [1.165, 1.54) is 6.20 Å². The summed E-state index contributed by atoms with van der Waals surface area (Å²) in [4.78, 5) is 20.5. The highest BCUT2D eigenvalue weighted by atomic mass is 35.5. The summed E-state index contributed by atoms with van der Waals surface area (Å²) in [5.74, 6) is 0.348. The van der Waals surface area contributed by atoms with E-state index in [-0.39, 0.29) is 5.91 Å². The lowest BCUT2D eigenvalue weighted by Crippen LogP contribution is -2.14. The predicted octanol–water partition coefficient (Wildman–Crippen LogP) is 3.51. The van der Waals surface area contributed by atoms with E-state index >= 15 is 0 Å². The molecule has 2 heterocycles. The molecule has 0 unspecified atom stereocenters. The molecule has 0 aliphatic carbocycles. The molecule has 2 aromatic rings. The fourth-order valence-corrected chi connectivity index (χ4v) is 1.89. The number of hydrogen-bond donors (Lipinski definition) is 2. The van der Waals surface area contributed by atoms with Gasteiger partial charge in [-0.1, -0.05) is 18.5 Å². The zero-order valence-electron chi connectivity index (χ0n) is 12.0. The van der Waals surface area contributed by atoms with Crippen molar-refractivity contribution in [2.75, 3.05) is 17.2 Å². The highest BCUT2D eigenvalue weighted by Crippen LogP contribution is 2.19. The number of aromatic nitrogens is 2. The molecule has 0 atom stereocenters. The molecule has 0 aliphatic heterocycles. The van der Waals surface area contributed by atoms with Crippen LogP contribution in [0.4, 0.5) is 11.5 Å². The Labute approximate surface area is 128 Å². The Hall–Kier alpha value is -2.14. The number of carbonyl (C=O) groups excluding carboxylic acids is 1. The molecular weight excluding hydrogens is 288 g/mol. The Bertz CT molecular complexity index is 628. The monoisotopic (exact) mass is 304 g/mol. The lowest BCUT2D eigenvalue weighted by atomic mass is 10.2. The van der Waals surface area contributed by atoms with Crippen LogP contribution in [0.1, 0.15) is 29.4 Å². The average molecular weight is 305 g/mol. The second kappa shape index (κ2) is 7.04. The lowest BCUT2D eigenvalue weighted by molar-refractivity contribution is 0.102. The SMILES string of the molecule is CCCNc1cc(C(=O)Nc2ccc(C)nc2)c(Cl)cn1. The molecule has 110 valence electrons. The Morgan fingerprint density at radius 3 is 2.76 bits per heavy atom. The number of hydrogen-bond acceptors (Lipinski definition) is 4. The first kappa shape index (κ1) is 15.3. The van der Waals surface area contributed by atoms with Crippen LogP contribution in [0.15, 0.2) is 30.6 Å². The first-order valence-electron chi connectivity index (χ1n) is 6.73. The molecule has 2 aromatic heterocycles. The summed E-state index contributed by atoms with van der Waals surface area (Å²) in [6.07, 6.45) is 4.06. The Kier molecular flexibility index (Phi) is 5.11. The van der Waals surface area contributed by atoms with Crippen molar-refractivity contribution in [1.82, 2.24) is 9.97 Å². The van der Waals surface area contributed by atoms with Crippen LogP contribution in [0.3, 0.4) is 0 Å². The maximum atomic E-state index is 12.3. The number of rotatable bonds is 5. The summed E-state index contributed by atoms with van der Waals surface area (Å²) >= 11 is 6.05. The van der Waals surface area contributed by atoms with E-state index in [1.54, 1.807) is 18.3 Å². The summed E-state index contributed by atoms with van der Waals surface area (Å²) < 4.78 is 0. The number of halogens is 1. The van der Waals surface area contributed by atoms with Crippen LogP contribution in [0.25, 0.3) is 0 Å². The van der Waals surface area contributed by atoms with Gasteiger partial charge < -0.3 is 10.6 Å². The van der Waals surface area contributed by atoms with Crippen LogP contribution in [-0.4, -0.2) is 22.4 Å². The molecule has 2 N–H and O–H groups in total. The van der Waals surface area contributed by atoms with Gasteiger partial charge >= 0.3 is 0 Å². The quantitative estimate of drug-likeness (QED) is 0.887. The lowest BCUT2D eigenvalue weighted by Gasteiger charge is -2.09. The van der Waals surface area contributed by atoms with Gasteiger partial charge in [0.25, 0.3) is 5.91 Å². The molecule has 0 radical (unpaired) electrons. The first-order chi connectivity index (χ1) is 10.1. The van der Waals surface area contributed by atoms with Gasteiger partial charge in [-0.2, -0.15) is 0 Å². The number of aryl methyl sites for hydroxylation is 1. The summed E-state index contributed by atoms with van der Waals surface area (Å²) in [6.45, 7) is 4.73. The summed E-state index contributed by atoms with van der Waals surface area (Å²) in [7, 11) is 0. The number of amides is 1. The number of pyridine rings is 2. The smallest absolute Gasteiger partial charge is 0.257 e. The van der Waals surface area contributed by atoms with E-state index in [1.807, 2.05) is 13.0 Å². The Balaban J connectivity index is 2.15. The van der Waals surface area contributed by atoms with Crippen molar-refractivity contribution in [3.05, 3.63) is 46.9 Å². The van der Waals surface area contributed by atoms with Gasteiger partial charge in [-0.15, -0.1) is 0 Å². The van der Waals surface area contributed by atoms with Crippen LogP contribution < -0.4 is 10.6 Å². The minimum Gasteiger partial charge on any atom is -0.370 e. The molecular formula is C15H17ClN4O. The van der Waals surface area contributed by atoms with E-state index in [0.717, 1.165) is 18.7 Å². The van der Waals surface area contributed by atoms with Gasteiger partial charge in [0.1, 0.15) is 5.82 Å². The van der Waals surface area contributed by atoms with Crippen molar-refractivity contribution < 1.29 is 4.79 Å². The van der Waals surface area contributed by atoms with Gasteiger partial charge in [0.05, 0.1) is 22.5 Å². The number of nitrogens with zero attached hydrogens (tertiary/aromatic N) is 2. The van der Waals surface area contributed by atoms with Gasteiger partial charge in [-0.25, -0.2) is 4.98 Å². The Morgan fingerprint density at radius 2 is 2.10 bits per heavy atom. The molecule has 2 rings (SSSR count). The minimum atomic E-state index is -0.285. The number of nitrogens with one attached hydrogen (secondary N) is 2. The van der Waals surface area contributed by atoms with Crippen molar-refractivity contribution in [2.45, 2.75) is 20.3 Å². The maximum Gasteiger partial charge on any atom is 0.257 e. The summed E-state index contributed by atoms with van der Waals surface area (Å²) in [5.41, 5.74) is 1.90. The Morgan fingerprint density at radius 1 is 1.29 bits per heavy atom. The van der Waals surface area contributed by atoms with Crippen LogP contribution >= 0.6 is 11.6 Å². The number of carbonyl (C=O) groups is 1. The van der Waals surface area contributed by atoms with Crippen LogP contribution in [0.5, 0.6) is 0 Å². The molecule has 0 aromatic carbocycles. The van der Waals surface area contributed by atoms with Crippen LogP contribution in [-0.2, 0) is 0 Å². The zero-order chi connectivity index (χ0) is 15.2. The van der Waals surface area contributed by atoms with Gasteiger partial charge in [0.2, 0.25) is 0 Å². The van der Waals surface area contributed by atoms with Crippen molar-refractivity contribution in [3.8, 4) is 0 Å². The molecule has 1 amide bonds. The van der Waals surface area contributed by atoms with Gasteiger partial charge in [-0.3, -0.25) is 9.78 Å². The molecule has 0 spiro atoms. The van der Waals surface area contributed by atoms with E-state index in [4.69, 9.17) is 11.6 Å². The maximum absolute atomic E-state index is 12.3. The van der Waals surface area contributed by atoms with Crippen molar-refractivity contribution in [3.63, 3.8) is 0 Å². The second-order valence-electron chi connectivity index (χ2n) is 4.62. The predicted molar refractivity (Wildman–Crippen MR) is 85.0 cm³/mol. The van der Waals surface area contributed by atoms with E-state index in [2.05, 4.69) is 27.5 Å². The fourth-order valence-electron chi connectivity index (χ4n) is 1.70. The van der Waals surface area contributed by atoms with Gasteiger partial charge in [-0.05, 0) is 31.5 Å². The number of anilines is 2. The topological polar surface area (TPSA) is 66.9 Å². The molecule has 0 aliphatic rings. The van der Waals surface area contributed by atoms with Gasteiger partial charge in [0.15, 0.2) is 0 Å². The molecule has 0 saturated carbocycles. The highest BCUT2D eigenvalue weighted by molar-refractivity contribution is 6.34. The van der Waals surface area contributed by atoms with E-state index < -0.39 is 0 Å². The molecule has 0 fully saturated rings. The van der Waals surface area contributed by atoms with Crippen molar-refractivity contribution in [2.24, 2.45) is 0 Å². The summed E-state index contributed by atoms with van der Waals surface area (Å²) in [5, 5.41) is 6.21. The van der Waals surface area contributed by atoms with E-state index in [0.29, 0.717) is 22.1 Å². The third kappa shape index (κ3) is 4.16. The van der Waals surface area contributed by atoms with Gasteiger partial charge in [0, 0.05) is 18.4 Å².